The molecule has 1 unspecified atom stereocenters. The second kappa shape index (κ2) is 10.5. The molecular formula is C28H20N4O5S. The van der Waals surface area contributed by atoms with Crippen molar-refractivity contribution < 1.29 is 24.2 Å². The van der Waals surface area contributed by atoms with E-state index in [1.54, 1.807) is 66.0 Å². The summed E-state index contributed by atoms with van der Waals surface area (Å²) in [5.74, 6) is -1.26. The number of carbonyl (C=O) groups is 3. The topological polar surface area (TPSA) is 141 Å². The van der Waals surface area contributed by atoms with Crippen LogP contribution in [0.15, 0.2) is 72.1 Å². The molecule has 3 N–H and O–H groups in total. The van der Waals surface area contributed by atoms with E-state index in [2.05, 4.69) is 21.7 Å². The summed E-state index contributed by atoms with van der Waals surface area (Å²) in [5.41, 5.74) is 2.30. The lowest BCUT2D eigenvalue weighted by molar-refractivity contribution is -0.146. The van der Waals surface area contributed by atoms with E-state index in [0.717, 1.165) is 0 Å². The lowest BCUT2D eigenvalue weighted by atomic mass is 9.97. The molecule has 2 aromatic heterocycles. The Morgan fingerprint density at radius 1 is 1.05 bits per heavy atom. The number of pyridine rings is 1. The van der Waals surface area contributed by atoms with E-state index in [1.165, 1.54) is 17.4 Å². The van der Waals surface area contributed by atoms with Gasteiger partial charge in [0.2, 0.25) is 0 Å². The van der Waals surface area contributed by atoms with Crippen molar-refractivity contribution in [1.82, 2.24) is 4.98 Å². The minimum Gasteiger partial charge on any atom is -0.507 e. The first kappa shape index (κ1) is 24.7. The van der Waals surface area contributed by atoms with Gasteiger partial charge < -0.3 is 20.5 Å². The van der Waals surface area contributed by atoms with Gasteiger partial charge in [-0.3, -0.25) is 14.4 Å². The number of aromatic nitrogens is 1. The van der Waals surface area contributed by atoms with Gasteiger partial charge in [-0.2, -0.15) is 5.26 Å². The summed E-state index contributed by atoms with van der Waals surface area (Å²) in [7, 11) is 0. The third-order valence-corrected chi connectivity index (χ3v) is 6.77. The minimum atomic E-state index is -0.853. The number of hydrogen-bond acceptors (Lipinski definition) is 8. The number of cyclic esters (lactones) is 1. The summed E-state index contributed by atoms with van der Waals surface area (Å²) >= 11 is 1.25. The molecule has 0 saturated carbocycles. The van der Waals surface area contributed by atoms with Crippen LogP contribution >= 0.6 is 11.3 Å². The van der Waals surface area contributed by atoms with E-state index >= 15 is 0 Å². The molecule has 188 valence electrons. The highest BCUT2D eigenvalue weighted by molar-refractivity contribution is 7.12. The summed E-state index contributed by atoms with van der Waals surface area (Å²) in [6.07, 6.45) is -0.353. The quantitative estimate of drug-likeness (QED) is 0.303. The summed E-state index contributed by atoms with van der Waals surface area (Å²) in [5, 5.41) is 27.8. The number of benzene rings is 2. The predicted molar refractivity (Wildman–Crippen MR) is 142 cm³/mol. The number of hydrogen-bond donors (Lipinski definition) is 3. The van der Waals surface area contributed by atoms with Crippen LogP contribution in [0.3, 0.4) is 0 Å². The fourth-order valence-corrected chi connectivity index (χ4v) is 4.70. The molecule has 1 saturated heterocycles. The summed E-state index contributed by atoms with van der Waals surface area (Å²) in [6.45, 7) is 0. The van der Waals surface area contributed by atoms with E-state index in [0.29, 0.717) is 39.4 Å². The Hall–Kier alpha value is -5.01. The van der Waals surface area contributed by atoms with Gasteiger partial charge in [-0.15, -0.1) is 11.3 Å². The van der Waals surface area contributed by atoms with Crippen molar-refractivity contribution in [3.8, 4) is 34.2 Å². The Morgan fingerprint density at radius 3 is 2.61 bits per heavy atom. The van der Waals surface area contributed by atoms with Gasteiger partial charge >= 0.3 is 5.97 Å². The Labute approximate surface area is 221 Å². The SMILES string of the molecule is N#Cc1c(-c2cccc(NC(=O)C3CCC(=O)O3)c2)cc(-c2ccccc2O)nc1NC(=O)c1cccs1. The van der Waals surface area contributed by atoms with Gasteiger partial charge in [0.05, 0.1) is 10.6 Å². The molecule has 0 spiro atoms. The molecule has 3 heterocycles. The molecule has 1 aliphatic heterocycles. The largest absolute Gasteiger partial charge is 0.507 e. The number of anilines is 2. The summed E-state index contributed by atoms with van der Waals surface area (Å²) < 4.78 is 5.04. The molecule has 1 aliphatic rings. The lowest BCUT2D eigenvalue weighted by Crippen LogP contribution is -2.27. The zero-order valence-corrected chi connectivity index (χ0v) is 20.6. The Kier molecular flexibility index (Phi) is 6.84. The van der Waals surface area contributed by atoms with Gasteiger partial charge in [-0.1, -0.05) is 30.3 Å². The zero-order chi connectivity index (χ0) is 26.6. The number of nitrogens with zero attached hydrogens (tertiary/aromatic N) is 2. The van der Waals surface area contributed by atoms with Crippen LogP contribution in [0.2, 0.25) is 0 Å². The first-order chi connectivity index (χ1) is 18.4. The first-order valence-corrected chi connectivity index (χ1v) is 12.5. The number of nitriles is 1. The van der Waals surface area contributed by atoms with Crippen LogP contribution in [0.1, 0.15) is 28.1 Å². The molecule has 0 aliphatic carbocycles. The van der Waals surface area contributed by atoms with Crippen LogP contribution in [0.25, 0.3) is 22.4 Å². The van der Waals surface area contributed by atoms with Gasteiger partial charge in [0.15, 0.2) is 11.9 Å². The molecule has 5 rings (SSSR count). The Bertz CT molecular complexity index is 1590. The van der Waals surface area contributed by atoms with Crippen LogP contribution in [0, 0.1) is 11.3 Å². The van der Waals surface area contributed by atoms with Crippen molar-refractivity contribution in [1.29, 1.82) is 5.26 Å². The fourth-order valence-electron chi connectivity index (χ4n) is 4.08. The van der Waals surface area contributed by atoms with Crippen LogP contribution in [-0.4, -0.2) is 34.0 Å². The number of phenols is 1. The average molecular weight is 525 g/mol. The number of esters is 1. The van der Waals surface area contributed by atoms with Gasteiger partial charge in [0.25, 0.3) is 11.8 Å². The second-order valence-corrected chi connectivity index (χ2v) is 9.37. The number of nitrogens with one attached hydrogen (secondary N) is 2. The van der Waals surface area contributed by atoms with Crippen LogP contribution in [0.4, 0.5) is 11.5 Å². The molecule has 1 atom stereocenters. The summed E-state index contributed by atoms with van der Waals surface area (Å²) in [4.78, 5) is 41.8. The van der Waals surface area contributed by atoms with Gasteiger partial charge in [0.1, 0.15) is 17.4 Å². The average Bonchev–Trinajstić information content (AvgIpc) is 3.61. The van der Waals surface area contributed by atoms with Crippen molar-refractivity contribution in [2.75, 3.05) is 10.6 Å². The van der Waals surface area contributed by atoms with Crippen molar-refractivity contribution in [3.05, 3.63) is 82.6 Å². The maximum Gasteiger partial charge on any atom is 0.306 e. The van der Waals surface area contributed by atoms with Crippen LogP contribution in [0.5, 0.6) is 5.75 Å². The fraction of sp³-hybridized carbons (Fsp3) is 0.107. The monoisotopic (exact) mass is 524 g/mol. The van der Waals surface area contributed by atoms with E-state index in [-0.39, 0.29) is 23.6 Å². The maximum absolute atomic E-state index is 12.8. The Morgan fingerprint density at radius 2 is 1.89 bits per heavy atom. The molecule has 0 radical (unpaired) electrons. The third kappa shape index (κ3) is 5.09. The molecule has 4 aromatic rings. The standard InChI is InChI=1S/C28H20N4O5S/c29-15-20-19(16-5-3-6-17(13-16)30-27(35)23-10-11-25(34)37-23)14-21(18-7-1-2-8-22(18)33)31-26(20)32-28(36)24-9-4-12-38-24/h1-9,12-14,23,33H,10-11H2,(H,30,35)(H,31,32,36). The van der Waals surface area contributed by atoms with Crippen LogP contribution < -0.4 is 10.6 Å². The highest BCUT2D eigenvalue weighted by Crippen LogP contribution is 2.36. The number of aromatic hydroxyl groups is 1. The molecule has 2 aromatic carbocycles. The summed E-state index contributed by atoms with van der Waals surface area (Å²) in [6, 6.07) is 20.6. The smallest absolute Gasteiger partial charge is 0.306 e. The zero-order valence-electron chi connectivity index (χ0n) is 19.8. The number of thiophene rings is 1. The molecule has 1 fully saturated rings. The highest BCUT2D eigenvalue weighted by atomic mass is 32.1. The number of para-hydroxylation sites is 1. The Balaban J connectivity index is 1.57. The molecule has 9 nitrogen and oxygen atoms in total. The van der Waals surface area contributed by atoms with Gasteiger partial charge in [-0.05, 0) is 47.3 Å². The number of rotatable bonds is 6. The van der Waals surface area contributed by atoms with Crippen molar-refractivity contribution >= 4 is 40.6 Å². The van der Waals surface area contributed by atoms with Gasteiger partial charge in [-0.25, -0.2) is 4.98 Å². The second-order valence-electron chi connectivity index (χ2n) is 8.43. The molecule has 10 heteroatoms. The van der Waals surface area contributed by atoms with E-state index < -0.39 is 23.9 Å². The molecule has 2 amide bonds. The normalized spacial score (nSPS) is 14.4. The lowest BCUT2D eigenvalue weighted by Gasteiger charge is -2.15. The van der Waals surface area contributed by atoms with Crippen molar-refractivity contribution in [2.24, 2.45) is 0 Å². The minimum absolute atomic E-state index is 0.0154. The number of phenolic OH excluding ortho intramolecular Hbond substituents is 1. The third-order valence-electron chi connectivity index (χ3n) is 5.91. The number of carbonyl (C=O) groups excluding carboxylic acids is 3. The van der Waals surface area contributed by atoms with E-state index in [4.69, 9.17) is 4.74 Å². The molecule has 0 bridgehead atoms. The first-order valence-electron chi connectivity index (χ1n) is 11.6. The van der Waals surface area contributed by atoms with Crippen molar-refractivity contribution in [2.45, 2.75) is 18.9 Å². The highest BCUT2D eigenvalue weighted by Gasteiger charge is 2.30. The maximum atomic E-state index is 12.8. The molecule has 38 heavy (non-hydrogen) atoms. The number of ether oxygens (including phenoxy) is 1. The van der Waals surface area contributed by atoms with Gasteiger partial charge in [0, 0.05) is 29.7 Å². The van der Waals surface area contributed by atoms with Crippen molar-refractivity contribution in [3.63, 3.8) is 0 Å². The number of amides is 2. The van der Waals surface area contributed by atoms with Crippen LogP contribution in [-0.2, 0) is 14.3 Å². The molecular weight excluding hydrogens is 504 g/mol. The predicted octanol–water partition coefficient (Wildman–Crippen LogP) is 4.95. The van der Waals surface area contributed by atoms with E-state index in [1.807, 2.05) is 0 Å². The van der Waals surface area contributed by atoms with E-state index in [9.17, 15) is 24.8 Å².